The van der Waals surface area contributed by atoms with Crippen LogP contribution in [0, 0.1) is 0 Å². The van der Waals surface area contributed by atoms with E-state index in [4.69, 9.17) is 11.6 Å². The van der Waals surface area contributed by atoms with Gasteiger partial charge in [0.15, 0.2) is 6.04 Å². The number of benzene rings is 2. The standard InChI is InChI=1S/C20H17ClN6OS/c1-2-17(27-25-18(24-26-27)13-3-7-15(21)8-4-13)19(28)23-16-9-5-14(6-10-16)20-22-11-12-29-20/h3-12,17H,2H2,1H3,(H,23,28). The predicted molar refractivity (Wildman–Crippen MR) is 114 cm³/mol. The molecule has 0 aliphatic carbocycles. The lowest BCUT2D eigenvalue weighted by molar-refractivity contribution is -0.119. The van der Waals surface area contributed by atoms with Gasteiger partial charge in [0.25, 0.3) is 5.91 Å². The van der Waals surface area contributed by atoms with E-state index in [-0.39, 0.29) is 5.91 Å². The molecule has 0 aliphatic heterocycles. The van der Waals surface area contributed by atoms with Crippen LogP contribution in [0.1, 0.15) is 19.4 Å². The Kier molecular flexibility index (Phi) is 5.64. The van der Waals surface area contributed by atoms with E-state index >= 15 is 0 Å². The largest absolute Gasteiger partial charge is 0.324 e. The zero-order chi connectivity index (χ0) is 20.2. The number of rotatable bonds is 6. The van der Waals surface area contributed by atoms with Gasteiger partial charge in [-0.05, 0) is 60.2 Å². The molecule has 4 aromatic rings. The minimum absolute atomic E-state index is 0.199. The average Bonchev–Trinajstić information content (AvgIpc) is 3.42. The number of nitrogens with one attached hydrogen (secondary N) is 1. The van der Waals surface area contributed by atoms with Crippen LogP contribution >= 0.6 is 22.9 Å². The third-order valence-electron chi connectivity index (χ3n) is 4.33. The van der Waals surface area contributed by atoms with E-state index in [1.165, 1.54) is 4.80 Å². The molecular weight excluding hydrogens is 408 g/mol. The summed E-state index contributed by atoms with van der Waals surface area (Å²) in [5, 5.41) is 18.9. The van der Waals surface area contributed by atoms with Gasteiger partial charge < -0.3 is 5.32 Å². The highest BCUT2D eigenvalue weighted by atomic mass is 35.5. The fourth-order valence-electron chi connectivity index (χ4n) is 2.81. The Morgan fingerprint density at radius 3 is 2.52 bits per heavy atom. The SMILES string of the molecule is CCC(C(=O)Nc1ccc(-c2nccs2)cc1)n1nnc(-c2ccc(Cl)cc2)n1. The normalized spacial score (nSPS) is 11.9. The van der Waals surface area contributed by atoms with E-state index in [0.717, 1.165) is 16.1 Å². The fraction of sp³-hybridized carbons (Fsp3) is 0.150. The van der Waals surface area contributed by atoms with E-state index in [0.29, 0.717) is 23.0 Å². The Labute approximate surface area is 176 Å². The summed E-state index contributed by atoms with van der Waals surface area (Å²) >= 11 is 7.49. The van der Waals surface area contributed by atoms with E-state index in [1.54, 1.807) is 29.7 Å². The number of amides is 1. The smallest absolute Gasteiger partial charge is 0.251 e. The minimum atomic E-state index is -0.567. The summed E-state index contributed by atoms with van der Waals surface area (Å²) in [7, 11) is 0. The lowest BCUT2D eigenvalue weighted by Crippen LogP contribution is -2.27. The van der Waals surface area contributed by atoms with E-state index < -0.39 is 6.04 Å². The van der Waals surface area contributed by atoms with Crippen molar-refractivity contribution in [3.05, 3.63) is 65.1 Å². The first kappa shape index (κ1) is 19.2. The zero-order valence-electron chi connectivity index (χ0n) is 15.5. The molecule has 7 nitrogen and oxygen atoms in total. The van der Waals surface area contributed by atoms with E-state index in [2.05, 4.69) is 25.7 Å². The monoisotopic (exact) mass is 424 g/mol. The van der Waals surface area contributed by atoms with Gasteiger partial charge in [-0.25, -0.2) is 4.98 Å². The third kappa shape index (κ3) is 4.33. The second-order valence-electron chi connectivity index (χ2n) is 6.27. The number of halogens is 1. The number of thiazole rings is 1. The molecule has 2 heterocycles. The number of tetrazole rings is 1. The lowest BCUT2D eigenvalue weighted by atomic mass is 10.2. The third-order valence-corrected chi connectivity index (χ3v) is 5.40. The van der Waals surface area contributed by atoms with E-state index in [9.17, 15) is 4.79 Å². The molecule has 0 spiro atoms. The Hall–Kier alpha value is -3.10. The highest BCUT2D eigenvalue weighted by Crippen LogP contribution is 2.24. The van der Waals surface area contributed by atoms with Gasteiger partial charge in [0.2, 0.25) is 5.82 Å². The van der Waals surface area contributed by atoms with Crippen molar-refractivity contribution in [1.29, 1.82) is 0 Å². The van der Waals surface area contributed by atoms with Crippen LogP contribution in [0.15, 0.2) is 60.1 Å². The van der Waals surface area contributed by atoms with Gasteiger partial charge in [-0.15, -0.1) is 21.5 Å². The van der Waals surface area contributed by atoms with Crippen LogP contribution in [0.25, 0.3) is 22.0 Å². The van der Waals surface area contributed by atoms with Gasteiger partial charge in [0.05, 0.1) is 0 Å². The van der Waals surface area contributed by atoms with Gasteiger partial charge in [-0.1, -0.05) is 18.5 Å². The first-order valence-corrected chi connectivity index (χ1v) is 10.3. The number of hydrogen-bond acceptors (Lipinski definition) is 6. The molecule has 29 heavy (non-hydrogen) atoms. The summed E-state index contributed by atoms with van der Waals surface area (Å²) in [6.45, 7) is 1.90. The summed E-state index contributed by atoms with van der Waals surface area (Å²) in [5.41, 5.74) is 2.50. The molecule has 1 amide bonds. The van der Waals surface area contributed by atoms with Gasteiger partial charge in [0, 0.05) is 33.4 Å². The van der Waals surface area contributed by atoms with Crippen molar-refractivity contribution < 1.29 is 4.79 Å². The molecule has 9 heteroatoms. The quantitative estimate of drug-likeness (QED) is 0.484. The number of aromatic nitrogens is 5. The molecule has 0 aliphatic rings. The Balaban J connectivity index is 1.48. The molecule has 146 valence electrons. The van der Waals surface area contributed by atoms with Crippen molar-refractivity contribution in [1.82, 2.24) is 25.2 Å². The summed E-state index contributed by atoms with van der Waals surface area (Å²) < 4.78 is 0. The van der Waals surface area contributed by atoms with Crippen molar-refractivity contribution in [3.8, 4) is 22.0 Å². The minimum Gasteiger partial charge on any atom is -0.324 e. The van der Waals surface area contributed by atoms with Crippen molar-refractivity contribution in [2.24, 2.45) is 0 Å². The van der Waals surface area contributed by atoms with Crippen molar-refractivity contribution in [2.75, 3.05) is 5.32 Å². The van der Waals surface area contributed by atoms with Gasteiger partial charge >= 0.3 is 0 Å². The maximum absolute atomic E-state index is 12.8. The van der Waals surface area contributed by atoms with Gasteiger partial charge in [-0.3, -0.25) is 4.79 Å². The second-order valence-corrected chi connectivity index (χ2v) is 7.60. The highest BCUT2D eigenvalue weighted by Gasteiger charge is 2.22. The van der Waals surface area contributed by atoms with Gasteiger partial charge in [-0.2, -0.15) is 4.80 Å². The predicted octanol–water partition coefficient (Wildman–Crippen LogP) is 4.71. The molecule has 0 saturated carbocycles. The Bertz CT molecular complexity index is 1090. The summed E-state index contributed by atoms with van der Waals surface area (Å²) in [5.74, 6) is 0.246. The summed E-state index contributed by atoms with van der Waals surface area (Å²) in [6.07, 6.45) is 2.30. The van der Waals surface area contributed by atoms with Crippen LogP contribution in [-0.2, 0) is 4.79 Å². The number of carbonyl (C=O) groups excluding carboxylic acids is 1. The molecule has 2 aromatic heterocycles. The van der Waals surface area contributed by atoms with E-state index in [1.807, 2.05) is 48.7 Å². The molecule has 1 N–H and O–H groups in total. The highest BCUT2D eigenvalue weighted by molar-refractivity contribution is 7.13. The Morgan fingerprint density at radius 1 is 1.14 bits per heavy atom. The van der Waals surface area contributed by atoms with Crippen LogP contribution < -0.4 is 5.32 Å². The first-order chi connectivity index (χ1) is 14.1. The molecule has 4 rings (SSSR count). The number of anilines is 1. The molecule has 0 saturated heterocycles. The van der Waals surface area contributed by atoms with Crippen molar-refractivity contribution >= 4 is 34.5 Å². The number of nitrogens with zero attached hydrogens (tertiary/aromatic N) is 5. The molecular formula is C20H17ClN6OS. The van der Waals surface area contributed by atoms with Crippen LogP contribution in [0.3, 0.4) is 0 Å². The van der Waals surface area contributed by atoms with Crippen LogP contribution in [0.2, 0.25) is 5.02 Å². The molecule has 2 aromatic carbocycles. The molecule has 0 radical (unpaired) electrons. The van der Waals surface area contributed by atoms with Crippen LogP contribution in [-0.4, -0.2) is 31.1 Å². The molecule has 0 bridgehead atoms. The van der Waals surface area contributed by atoms with Crippen LogP contribution in [0.4, 0.5) is 5.69 Å². The molecule has 1 atom stereocenters. The van der Waals surface area contributed by atoms with Crippen molar-refractivity contribution in [2.45, 2.75) is 19.4 Å². The average molecular weight is 425 g/mol. The van der Waals surface area contributed by atoms with Crippen LogP contribution in [0.5, 0.6) is 0 Å². The molecule has 0 fully saturated rings. The Morgan fingerprint density at radius 2 is 1.86 bits per heavy atom. The maximum Gasteiger partial charge on any atom is 0.251 e. The second kappa shape index (κ2) is 8.50. The fourth-order valence-corrected chi connectivity index (χ4v) is 3.58. The lowest BCUT2D eigenvalue weighted by Gasteiger charge is -2.13. The van der Waals surface area contributed by atoms with Crippen molar-refractivity contribution in [3.63, 3.8) is 0 Å². The molecule has 1 unspecified atom stereocenters. The maximum atomic E-state index is 12.8. The zero-order valence-corrected chi connectivity index (χ0v) is 17.1. The summed E-state index contributed by atoms with van der Waals surface area (Å²) in [4.78, 5) is 18.4. The first-order valence-electron chi connectivity index (χ1n) is 9.00. The summed E-state index contributed by atoms with van der Waals surface area (Å²) in [6, 6.07) is 14.2. The topological polar surface area (TPSA) is 85.6 Å². The number of carbonyl (C=O) groups is 1. The van der Waals surface area contributed by atoms with Gasteiger partial charge in [0.1, 0.15) is 5.01 Å². The number of hydrogen-bond donors (Lipinski definition) is 1.